The Bertz CT molecular complexity index is 3470. The van der Waals surface area contributed by atoms with Crippen molar-refractivity contribution in [2.45, 2.75) is 56.0 Å². The molecule has 7 aromatic rings. The van der Waals surface area contributed by atoms with Crippen LogP contribution in [-0.4, -0.2) is 126 Å². The van der Waals surface area contributed by atoms with Crippen molar-refractivity contribution in [2.75, 3.05) is 39.7 Å². The van der Waals surface area contributed by atoms with Crippen LogP contribution in [0.5, 0.6) is 0 Å². The SMILES string of the molecule is C/N=C1/NC(=O)c2nc(sc2C)[C@H](CC(=O)NC)NC(=O)c2csc(n2)-c2ccc(-c3nc(NC(=O)C4CC[C@H]4C(=O)O)cs3)nc2-c2csc(n2)-c2csc(n2)[C@H]([C@@H](O)c2ccccc2)NC(=O)CNC(=O)CC(COC)S1. The van der Waals surface area contributed by atoms with E-state index in [1.807, 2.05) is 0 Å². The van der Waals surface area contributed by atoms with Gasteiger partial charge in [0.1, 0.15) is 71.5 Å². The van der Waals surface area contributed by atoms with Crippen LogP contribution in [0.25, 0.3) is 43.4 Å². The van der Waals surface area contributed by atoms with Gasteiger partial charge in [-0.3, -0.25) is 43.9 Å². The summed E-state index contributed by atoms with van der Waals surface area (Å²) in [5.41, 5.74) is 2.58. The van der Waals surface area contributed by atoms with Gasteiger partial charge in [-0.1, -0.05) is 42.1 Å². The molecule has 0 radical (unpaired) electrons. The molecule has 7 heterocycles. The Morgan fingerprint density at radius 2 is 1.51 bits per heavy atom. The lowest BCUT2D eigenvalue weighted by Crippen LogP contribution is -2.41. The topological polar surface area (TPSA) is 331 Å². The van der Waals surface area contributed by atoms with Gasteiger partial charge in [0.25, 0.3) is 11.8 Å². The number of amidine groups is 1. The van der Waals surface area contributed by atoms with Crippen LogP contribution >= 0.6 is 68.4 Å². The minimum atomic E-state index is -1.26. The number of anilines is 1. The number of thioether (sulfide) groups is 1. The number of carbonyl (C=O) groups excluding carboxylic acids is 6. The van der Waals surface area contributed by atoms with Crippen LogP contribution in [0.4, 0.5) is 5.82 Å². The second-order valence-corrected chi connectivity index (χ2v) is 23.8. The minimum Gasteiger partial charge on any atom is -0.481 e. The molecule has 1 aromatic carbocycles. The largest absolute Gasteiger partial charge is 0.481 e. The summed E-state index contributed by atoms with van der Waals surface area (Å²) in [6.45, 7) is 1.29. The van der Waals surface area contributed by atoms with Crippen molar-refractivity contribution in [3.8, 4) is 43.4 Å². The van der Waals surface area contributed by atoms with Gasteiger partial charge < -0.3 is 41.5 Å². The second kappa shape index (κ2) is 25.3. The molecule has 0 spiro atoms. The van der Waals surface area contributed by atoms with E-state index >= 15 is 0 Å². The number of methoxy groups -OCH3 is 1. The fraction of sp³-hybridized carbons (Fsp3) is 0.320. The smallest absolute Gasteiger partial charge is 0.307 e. The van der Waals surface area contributed by atoms with E-state index in [1.165, 1.54) is 55.2 Å². The van der Waals surface area contributed by atoms with E-state index in [1.54, 1.807) is 70.9 Å². The fourth-order valence-electron chi connectivity index (χ4n) is 8.32. The van der Waals surface area contributed by atoms with E-state index in [-0.39, 0.29) is 46.8 Å². The minimum absolute atomic E-state index is 0.0115. The third-order valence-electron chi connectivity index (χ3n) is 12.5. The predicted octanol–water partition coefficient (Wildman–Crippen LogP) is 5.87. The van der Waals surface area contributed by atoms with Gasteiger partial charge in [0, 0.05) is 64.8 Å². The summed E-state index contributed by atoms with van der Waals surface area (Å²) >= 11 is 6.99. The molecule has 9 rings (SSSR count). The predicted molar refractivity (Wildman–Crippen MR) is 301 cm³/mol. The molecule has 23 nitrogen and oxygen atoms in total. The van der Waals surface area contributed by atoms with E-state index < -0.39 is 83.2 Å². The molecule has 1 aliphatic carbocycles. The quantitative estimate of drug-likeness (QED) is 0.0793. The lowest BCUT2D eigenvalue weighted by Gasteiger charge is -2.31. The van der Waals surface area contributed by atoms with E-state index in [0.717, 1.165) is 34.4 Å². The number of aliphatic hydroxyl groups is 1. The number of aliphatic carboxylic acids is 1. The molecule has 6 aromatic heterocycles. The molecule has 79 heavy (non-hydrogen) atoms. The van der Waals surface area contributed by atoms with Crippen LogP contribution in [0, 0.1) is 18.8 Å². The van der Waals surface area contributed by atoms with Gasteiger partial charge in [-0.25, -0.2) is 29.9 Å². The number of aliphatic hydroxyl groups excluding tert-OH is 1. The number of fused-ring (bicyclic) bond motifs is 12. The van der Waals surface area contributed by atoms with Crippen LogP contribution in [0.15, 0.2) is 69.0 Å². The number of aromatic nitrogens is 6. The zero-order chi connectivity index (χ0) is 55.9. The first-order valence-corrected chi connectivity index (χ1v) is 29.4. The monoisotopic (exact) mass is 1180 g/mol. The highest BCUT2D eigenvalue weighted by Gasteiger charge is 2.42. The van der Waals surface area contributed by atoms with Crippen molar-refractivity contribution in [1.29, 1.82) is 0 Å². The Labute approximate surface area is 474 Å². The number of nitrogens with zero attached hydrogens (tertiary/aromatic N) is 7. The summed E-state index contributed by atoms with van der Waals surface area (Å²) < 4.78 is 5.40. The lowest BCUT2D eigenvalue weighted by atomic mass is 9.73. The highest BCUT2D eigenvalue weighted by Crippen LogP contribution is 2.40. The molecule has 8 N–H and O–H groups in total. The highest BCUT2D eigenvalue weighted by atomic mass is 32.2. The first kappa shape index (κ1) is 56.5. The van der Waals surface area contributed by atoms with Gasteiger partial charge in [-0.05, 0) is 37.5 Å². The lowest BCUT2D eigenvalue weighted by molar-refractivity contribution is -0.151. The summed E-state index contributed by atoms with van der Waals surface area (Å²) in [4.78, 5) is 126. The molecule has 2 unspecified atom stereocenters. The van der Waals surface area contributed by atoms with Crippen LogP contribution in [-0.2, 0) is 28.7 Å². The van der Waals surface area contributed by atoms with Crippen molar-refractivity contribution in [3.63, 3.8) is 0 Å². The van der Waals surface area contributed by atoms with E-state index in [9.17, 15) is 43.8 Å². The van der Waals surface area contributed by atoms with Gasteiger partial charge in [-0.2, -0.15) is 0 Å². The van der Waals surface area contributed by atoms with Crippen molar-refractivity contribution in [3.05, 3.63) is 95.8 Å². The Hall–Kier alpha value is -7.25. The number of hydrogen-bond donors (Lipinski definition) is 8. The van der Waals surface area contributed by atoms with Crippen molar-refractivity contribution in [2.24, 2.45) is 16.8 Å². The van der Waals surface area contributed by atoms with Crippen molar-refractivity contribution >= 4 is 121 Å². The van der Waals surface area contributed by atoms with Crippen LogP contribution < -0.4 is 31.9 Å². The molecule has 8 bridgehead atoms. The normalized spacial score (nSPS) is 20.2. The van der Waals surface area contributed by atoms with Crippen LogP contribution in [0.1, 0.15) is 85.3 Å². The number of aliphatic imine (C=N–C) groups is 1. The number of pyridine rings is 1. The average molecular weight is 1180 g/mol. The zero-order valence-corrected chi connectivity index (χ0v) is 47.2. The number of carboxylic acids is 1. The molecular weight excluding hydrogens is 1140 g/mol. The molecule has 2 aliphatic rings. The summed E-state index contributed by atoms with van der Waals surface area (Å²) in [7, 11) is 4.38. The van der Waals surface area contributed by atoms with Gasteiger partial charge in [0.05, 0.1) is 43.1 Å². The maximum atomic E-state index is 14.2. The fourth-order valence-corrected chi connectivity index (χ4v) is 13.6. The summed E-state index contributed by atoms with van der Waals surface area (Å²) in [6, 6.07) is 10.2. The number of carboxylic acid groups (broad SMARTS) is 1. The Kier molecular flexibility index (Phi) is 18.1. The molecule has 1 fully saturated rings. The number of hydrogen-bond acceptors (Lipinski definition) is 22. The number of aryl methyl sites for hydroxylation is 1. The van der Waals surface area contributed by atoms with E-state index in [0.29, 0.717) is 71.7 Å². The molecular formula is C50H49N13O10S6. The standard InChI is InChI=1S/C50H49N13O10S6/c1-22-37-43(70)63-50(52-3)79-24(17-73-4)14-35(65)53-16-36(66)61-39(40(67)23-8-6-5-7-9-23)48-58-32(20-76-48)46-56-30(18-75-46)38-27(44-57-31(19-74-44)42(69)55-29(15-34(64)51-2)47(62-37)78-22)12-13-28(54-38)45-60-33(21-77-45)59-41(68)25-10-11-26(25)49(71)72/h5-9,12-13,18-21,24-26,29,39-40,67H,10-11,14-17H2,1-4H3,(H,51,64)(H,53,65)(H,55,69)(H,59,68)(H,61,66)(H,71,72)(H,52,63,70)/t24?,25?,26-,29+,39+,40+/m1/s1. The van der Waals surface area contributed by atoms with Crippen LogP contribution in [0.3, 0.4) is 0 Å². The second-order valence-electron chi connectivity index (χ2n) is 17.8. The maximum Gasteiger partial charge on any atom is 0.307 e. The Morgan fingerprint density at radius 1 is 0.785 bits per heavy atom. The molecule has 29 heteroatoms. The third-order valence-corrected chi connectivity index (χ3v) is 18.3. The molecule has 6 amide bonds. The average Bonchev–Trinajstić information content (AvgIpc) is 4.43. The van der Waals surface area contributed by atoms with Gasteiger partial charge in [0.15, 0.2) is 5.17 Å². The number of benzene rings is 1. The summed E-state index contributed by atoms with van der Waals surface area (Å²) in [6.07, 6.45) is -0.766. The van der Waals surface area contributed by atoms with Crippen LogP contribution in [0.2, 0.25) is 0 Å². The van der Waals surface area contributed by atoms with E-state index in [2.05, 4.69) is 46.9 Å². The maximum absolute atomic E-state index is 14.2. The summed E-state index contributed by atoms with van der Waals surface area (Å²) in [5, 5.41) is 46.0. The first-order valence-electron chi connectivity index (χ1n) is 24.2. The molecule has 410 valence electrons. The zero-order valence-electron chi connectivity index (χ0n) is 42.3. The highest BCUT2D eigenvalue weighted by molar-refractivity contribution is 8.14. The van der Waals surface area contributed by atoms with Gasteiger partial charge in [0.2, 0.25) is 23.6 Å². The Morgan fingerprint density at radius 3 is 2.24 bits per heavy atom. The first-order chi connectivity index (χ1) is 38.1. The number of rotatable bonds is 10. The molecule has 6 atom stereocenters. The van der Waals surface area contributed by atoms with Crippen molar-refractivity contribution in [1.82, 2.24) is 56.5 Å². The number of thiazole rings is 5. The van der Waals surface area contributed by atoms with E-state index in [4.69, 9.17) is 24.7 Å². The van der Waals surface area contributed by atoms with Gasteiger partial charge >= 0.3 is 5.97 Å². The van der Waals surface area contributed by atoms with Gasteiger partial charge in [-0.15, -0.1) is 56.7 Å². The molecule has 1 aliphatic heterocycles. The van der Waals surface area contributed by atoms with Crippen molar-refractivity contribution < 1.29 is 48.5 Å². The molecule has 1 saturated carbocycles. The number of amides is 6. The molecule has 0 saturated heterocycles. The number of carbonyl (C=O) groups is 7. The number of nitrogens with one attached hydrogen (secondary N) is 6. The Balaban J connectivity index is 1.09. The summed E-state index contributed by atoms with van der Waals surface area (Å²) in [5.74, 6) is -5.45. The number of ether oxygens (including phenoxy) is 1. The third kappa shape index (κ3) is 13.3.